The molecule has 31 heavy (non-hydrogen) atoms. The minimum Gasteiger partial charge on any atom is -0.340 e. The van der Waals surface area contributed by atoms with Crippen LogP contribution in [-0.4, -0.2) is 48.2 Å². The Morgan fingerprint density at radius 2 is 1.77 bits per heavy atom. The van der Waals surface area contributed by atoms with E-state index in [1.807, 2.05) is 32.0 Å². The molecule has 0 spiro atoms. The molecule has 4 N–H and O–H groups in total. The number of carbonyl (C=O) groups excluding carboxylic acids is 3. The molecule has 0 saturated carbocycles. The first kappa shape index (κ1) is 21.8. The molecule has 1 aromatic carbocycles. The minimum atomic E-state index is -0.729. The normalized spacial score (nSPS) is 33.8. The maximum atomic E-state index is 13.1. The Morgan fingerprint density at radius 1 is 1.06 bits per heavy atom. The second kappa shape index (κ2) is 8.59. The quantitative estimate of drug-likeness (QED) is 0.582. The molecule has 3 fully saturated rings. The number of anilines is 1. The molecule has 8 nitrogen and oxygen atoms in total. The summed E-state index contributed by atoms with van der Waals surface area (Å²) in [6.07, 6.45) is 0.250. The fourth-order valence-electron chi connectivity index (χ4n) is 5.23. The maximum Gasteiger partial charge on any atom is 0.229 e. The third-order valence-corrected chi connectivity index (χ3v) is 6.81. The molecule has 1 aromatic rings. The van der Waals surface area contributed by atoms with E-state index >= 15 is 0 Å². The van der Waals surface area contributed by atoms with Crippen LogP contribution in [0.15, 0.2) is 18.2 Å². The lowest BCUT2D eigenvalue weighted by molar-refractivity contribution is -0.148. The van der Waals surface area contributed by atoms with Crippen LogP contribution in [0.3, 0.4) is 0 Å². The first-order valence-corrected chi connectivity index (χ1v) is 11.2. The van der Waals surface area contributed by atoms with Crippen LogP contribution in [0.4, 0.5) is 5.69 Å². The van der Waals surface area contributed by atoms with Gasteiger partial charge >= 0.3 is 0 Å². The Labute approximate surface area is 183 Å². The van der Waals surface area contributed by atoms with Crippen molar-refractivity contribution in [3.05, 3.63) is 29.3 Å². The van der Waals surface area contributed by atoms with Gasteiger partial charge in [-0.05, 0) is 55.4 Å². The Bertz CT molecular complexity index is 878. The number of piperidine rings is 2. The van der Waals surface area contributed by atoms with Gasteiger partial charge in [-0.3, -0.25) is 24.6 Å². The molecular formula is C23H33N5O3. The van der Waals surface area contributed by atoms with E-state index in [-0.39, 0.29) is 30.4 Å². The summed E-state index contributed by atoms with van der Waals surface area (Å²) in [5, 5.41) is 12.2. The fourth-order valence-corrected chi connectivity index (χ4v) is 5.23. The molecule has 3 amide bonds. The second-order valence-electron chi connectivity index (χ2n) is 9.65. The average molecular weight is 428 g/mol. The van der Waals surface area contributed by atoms with Gasteiger partial charge in [0.05, 0.1) is 18.0 Å². The molecule has 0 aromatic heterocycles. The molecule has 4 rings (SSSR count). The predicted octanol–water partition coefficient (Wildman–Crippen LogP) is 1.30. The highest BCUT2D eigenvalue weighted by Crippen LogP contribution is 2.30. The van der Waals surface area contributed by atoms with Crippen molar-refractivity contribution in [1.29, 1.82) is 0 Å². The lowest BCUT2D eigenvalue weighted by Gasteiger charge is -2.48. The molecule has 168 valence electrons. The van der Waals surface area contributed by atoms with Gasteiger partial charge < -0.3 is 16.0 Å². The SMILES string of the molecule is Cc1ccc(NC(=O)C2CC(=O)NC3NC(N4CC(C)CC(C)C4)NC(=O)C32)cc1C. The van der Waals surface area contributed by atoms with Crippen molar-refractivity contribution in [2.45, 2.75) is 53.0 Å². The Kier molecular flexibility index (Phi) is 6.03. The van der Waals surface area contributed by atoms with Crippen LogP contribution in [0.1, 0.15) is 37.8 Å². The number of nitrogens with one attached hydrogen (secondary N) is 4. The number of hydrogen-bond acceptors (Lipinski definition) is 5. The summed E-state index contributed by atoms with van der Waals surface area (Å²) in [5.74, 6) is -1.02. The molecule has 0 bridgehead atoms. The zero-order valence-electron chi connectivity index (χ0n) is 18.7. The van der Waals surface area contributed by atoms with Crippen LogP contribution in [0.25, 0.3) is 0 Å². The maximum absolute atomic E-state index is 13.1. The molecule has 6 atom stereocenters. The Balaban J connectivity index is 1.49. The van der Waals surface area contributed by atoms with Gasteiger partial charge in [0.1, 0.15) is 6.29 Å². The van der Waals surface area contributed by atoms with E-state index in [1.54, 1.807) is 0 Å². The van der Waals surface area contributed by atoms with E-state index in [0.29, 0.717) is 17.5 Å². The highest BCUT2D eigenvalue weighted by Gasteiger charge is 2.49. The van der Waals surface area contributed by atoms with Crippen LogP contribution in [-0.2, 0) is 14.4 Å². The third-order valence-electron chi connectivity index (χ3n) is 6.81. The van der Waals surface area contributed by atoms with Gasteiger partial charge in [0, 0.05) is 25.2 Å². The third kappa shape index (κ3) is 4.60. The fraction of sp³-hybridized carbons (Fsp3) is 0.609. The van der Waals surface area contributed by atoms with Crippen molar-refractivity contribution in [3.63, 3.8) is 0 Å². The molecule has 3 saturated heterocycles. The smallest absolute Gasteiger partial charge is 0.229 e. The van der Waals surface area contributed by atoms with E-state index in [0.717, 1.165) is 24.2 Å². The van der Waals surface area contributed by atoms with Gasteiger partial charge in [-0.25, -0.2) is 0 Å². The van der Waals surface area contributed by atoms with Crippen molar-refractivity contribution in [2.24, 2.45) is 23.7 Å². The van der Waals surface area contributed by atoms with E-state index in [9.17, 15) is 14.4 Å². The van der Waals surface area contributed by atoms with E-state index < -0.39 is 18.0 Å². The van der Waals surface area contributed by atoms with Crippen LogP contribution < -0.4 is 21.3 Å². The van der Waals surface area contributed by atoms with Gasteiger partial charge in [0.15, 0.2) is 0 Å². The van der Waals surface area contributed by atoms with E-state index in [2.05, 4.69) is 40.0 Å². The van der Waals surface area contributed by atoms with Gasteiger partial charge in [-0.15, -0.1) is 0 Å². The Hall–Kier alpha value is -2.45. The molecule has 3 heterocycles. The number of carbonyl (C=O) groups is 3. The van der Waals surface area contributed by atoms with Crippen LogP contribution in [0.5, 0.6) is 0 Å². The summed E-state index contributed by atoms with van der Waals surface area (Å²) < 4.78 is 0. The summed E-state index contributed by atoms with van der Waals surface area (Å²) in [7, 11) is 0. The number of aryl methyl sites for hydroxylation is 2. The van der Waals surface area contributed by atoms with Crippen molar-refractivity contribution >= 4 is 23.4 Å². The standard InChI is InChI=1S/C23H33N5O3/c1-12-7-13(2)11-28(10-12)23-26-20-19(22(31)27-23)17(9-18(29)25-20)21(30)24-16-6-5-14(3)15(4)8-16/h5-6,8,12-13,17,19-20,23,26H,7,9-11H2,1-4H3,(H,24,30)(H,25,29)(H,27,31). The zero-order valence-corrected chi connectivity index (χ0v) is 18.7. The summed E-state index contributed by atoms with van der Waals surface area (Å²) >= 11 is 0. The van der Waals surface area contributed by atoms with Crippen molar-refractivity contribution in [3.8, 4) is 0 Å². The number of benzene rings is 1. The van der Waals surface area contributed by atoms with Crippen LogP contribution in [0, 0.1) is 37.5 Å². The first-order chi connectivity index (χ1) is 14.7. The zero-order chi connectivity index (χ0) is 22.3. The molecule has 8 heteroatoms. The van der Waals surface area contributed by atoms with Gasteiger partial charge in [-0.2, -0.15) is 0 Å². The Morgan fingerprint density at radius 3 is 2.45 bits per heavy atom. The molecule has 3 aliphatic heterocycles. The number of hydrogen-bond donors (Lipinski definition) is 4. The lowest BCUT2D eigenvalue weighted by Crippen LogP contribution is -2.75. The average Bonchev–Trinajstić information content (AvgIpc) is 2.69. The number of amides is 3. The molecule has 0 aliphatic carbocycles. The van der Waals surface area contributed by atoms with Gasteiger partial charge in [0.25, 0.3) is 0 Å². The number of nitrogens with zero attached hydrogens (tertiary/aromatic N) is 1. The summed E-state index contributed by atoms with van der Waals surface area (Å²) in [6, 6.07) is 5.69. The van der Waals surface area contributed by atoms with Crippen LogP contribution >= 0.6 is 0 Å². The van der Waals surface area contributed by atoms with Crippen molar-refractivity contribution in [2.75, 3.05) is 18.4 Å². The lowest BCUT2D eigenvalue weighted by atomic mass is 9.80. The monoisotopic (exact) mass is 427 g/mol. The first-order valence-electron chi connectivity index (χ1n) is 11.2. The van der Waals surface area contributed by atoms with E-state index in [4.69, 9.17) is 0 Å². The van der Waals surface area contributed by atoms with Crippen LogP contribution in [0.2, 0.25) is 0 Å². The summed E-state index contributed by atoms with van der Waals surface area (Å²) in [6.45, 7) is 10.2. The topological polar surface area (TPSA) is 103 Å². The second-order valence-corrected chi connectivity index (χ2v) is 9.65. The highest BCUT2D eigenvalue weighted by molar-refractivity contribution is 6.00. The minimum absolute atomic E-state index is 0.00457. The molecular weight excluding hydrogens is 394 g/mol. The number of rotatable bonds is 3. The van der Waals surface area contributed by atoms with Crippen molar-refractivity contribution in [1.82, 2.24) is 20.9 Å². The van der Waals surface area contributed by atoms with E-state index in [1.165, 1.54) is 6.42 Å². The predicted molar refractivity (Wildman–Crippen MR) is 118 cm³/mol. The number of fused-ring (bicyclic) bond motifs is 1. The summed E-state index contributed by atoms with van der Waals surface area (Å²) in [5.41, 5.74) is 2.88. The summed E-state index contributed by atoms with van der Waals surface area (Å²) in [4.78, 5) is 40.8. The molecule has 3 aliphatic rings. The number of likely N-dealkylation sites (tertiary alicyclic amines) is 1. The van der Waals surface area contributed by atoms with Gasteiger partial charge in [-0.1, -0.05) is 19.9 Å². The van der Waals surface area contributed by atoms with Crippen molar-refractivity contribution < 1.29 is 14.4 Å². The highest BCUT2D eigenvalue weighted by atomic mass is 16.2. The largest absolute Gasteiger partial charge is 0.340 e. The molecule has 0 radical (unpaired) electrons. The molecule has 6 unspecified atom stereocenters. The van der Waals surface area contributed by atoms with Gasteiger partial charge in [0.2, 0.25) is 17.7 Å².